The number of piperidine rings is 1. The molecule has 2 aromatic heterocycles. The van der Waals surface area contributed by atoms with Gasteiger partial charge in [-0.3, -0.25) is 4.79 Å². The molecule has 0 bridgehead atoms. The first-order chi connectivity index (χ1) is 11.6. The first kappa shape index (κ1) is 14.9. The second kappa shape index (κ2) is 5.48. The van der Waals surface area contributed by atoms with Gasteiger partial charge in [0.1, 0.15) is 5.65 Å². The molecule has 4 nitrogen and oxygen atoms in total. The standard InChI is InChI=1S/C20H21N3O/c1-12(2)14-6-7-15-16-5-4-10-21-20(16)23(18(15)11-14)17-8-9-19(24)22-13(17)3/h4-7,10-12,17H,3,8-9H2,1-2H3,(H,22,24). The molecule has 3 heterocycles. The molecule has 1 N–H and O–H groups in total. The van der Waals surface area contributed by atoms with Gasteiger partial charge >= 0.3 is 0 Å². The second-order valence-corrected chi connectivity index (χ2v) is 6.80. The lowest BCUT2D eigenvalue weighted by atomic mass is 10.0. The highest BCUT2D eigenvalue weighted by molar-refractivity contribution is 6.07. The summed E-state index contributed by atoms with van der Waals surface area (Å²) in [6.45, 7) is 8.49. The zero-order chi connectivity index (χ0) is 16.8. The fourth-order valence-corrected chi connectivity index (χ4v) is 3.62. The van der Waals surface area contributed by atoms with Crippen molar-refractivity contribution in [2.75, 3.05) is 0 Å². The Morgan fingerprint density at radius 2 is 2.12 bits per heavy atom. The van der Waals surface area contributed by atoms with E-state index in [1.54, 1.807) is 0 Å². The van der Waals surface area contributed by atoms with Crippen LogP contribution in [0.15, 0.2) is 48.8 Å². The molecule has 1 aromatic carbocycles. The molecule has 3 aromatic rings. The van der Waals surface area contributed by atoms with Crippen LogP contribution in [0.2, 0.25) is 0 Å². The van der Waals surface area contributed by atoms with Crippen LogP contribution in [0.1, 0.15) is 44.2 Å². The van der Waals surface area contributed by atoms with E-state index in [0.717, 1.165) is 28.7 Å². The minimum Gasteiger partial charge on any atom is -0.328 e. The van der Waals surface area contributed by atoms with E-state index in [0.29, 0.717) is 12.3 Å². The molecule has 1 amide bonds. The average molecular weight is 319 g/mol. The van der Waals surface area contributed by atoms with Crippen molar-refractivity contribution in [1.29, 1.82) is 0 Å². The van der Waals surface area contributed by atoms with Crippen LogP contribution in [-0.2, 0) is 4.79 Å². The number of benzene rings is 1. The summed E-state index contributed by atoms with van der Waals surface area (Å²) in [4.78, 5) is 16.3. The molecule has 4 heteroatoms. The maximum atomic E-state index is 11.7. The number of pyridine rings is 1. The summed E-state index contributed by atoms with van der Waals surface area (Å²) in [5.41, 5.74) is 4.18. The van der Waals surface area contributed by atoms with Gasteiger partial charge in [-0.2, -0.15) is 0 Å². The third kappa shape index (κ3) is 2.21. The van der Waals surface area contributed by atoms with Crippen LogP contribution in [0.5, 0.6) is 0 Å². The van der Waals surface area contributed by atoms with Crippen molar-refractivity contribution in [3.05, 3.63) is 54.4 Å². The molecule has 1 atom stereocenters. The van der Waals surface area contributed by atoms with E-state index in [4.69, 9.17) is 0 Å². The molecule has 4 rings (SSSR count). The maximum absolute atomic E-state index is 11.7. The number of fused-ring (bicyclic) bond motifs is 3. The predicted octanol–water partition coefficient (Wildman–Crippen LogP) is 4.28. The lowest BCUT2D eigenvalue weighted by molar-refractivity contribution is -0.121. The van der Waals surface area contributed by atoms with Gasteiger partial charge in [-0.15, -0.1) is 0 Å². The normalized spacial score (nSPS) is 18.5. The van der Waals surface area contributed by atoms with Gasteiger partial charge in [0, 0.05) is 29.1 Å². The summed E-state index contributed by atoms with van der Waals surface area (Å²) in [6.07, 6.45) is 3.10. The summed E-state index contributed by atoms with van der Waals surface area (Å²) >= 11 is 0. The number of nitrogens with zero attached hydrogens (tertiary/aromatic N) is 2. The molecular weight excluding hydrogens is 298 g/mol. The predicted molar refractivity (Wildman–Crippen MR) is 96.9 cm³/mol. The van der Waals surface area contributed by atoms with Crippen molar-refractivity contribution < 1.29 is 4.79 Å². The highest BCUT2D eigenvalue weighted by atomic mass is 16.1. The number of rotatable bonds is 2. The number of carbonyl (C=O) groups excluding carboxylic acids is 1. The quantitative estimate of drug-likeness (QED) is 0.766. The van der Waals surface area contributed by atoms with Crippen molar-refractivity contribution in [3.63, 3.8) is 0 Å². The molecule has 0 aliphatic carbocycles. The van der Waals surface area contributed by atoms with Crippen molar-refractivity contribution in [3.8, 4) is 0 Å². The highest BCUT2D eigenvalue weighted by Gasteiger charge is 2.27. The van der Waals surface area contributed by atoms with Gasteiger partial charge in [-0.05, 0) is 36.1 Å². The van der Waals surface area contributed by atoms with E-state index >= 15 is 0 Å². The highest BCUT2D eigenvalue weighted by Crippen LogP contribution is 2.36. The molecule has 1 saturated heterocycles. The minimum atomic E-state index is 0.0417. The monoisotopic (exact) mass is 319 g/mol. The van der Waals surface area contributed by atoms with E-state index in [9.17, 15) is 4.79 Å². The SMILES string of the molecule is C=C1NC(=O)CCC1n1c2cc(C(C)C)ccc2c2cccnc21. The zero-order valence-electron chi connectivity index (χ0n) is 14.0. The fraction of sp³-hybridized carbons (Fsp3) is 0.300. The number of allylic oxidation sites excluding steroid dienone is 1. The van der Waals surface area contributed by atoms with Crippen LogP contribution in [0, 0.1) is 0 Å². The van der Waals surface area contributed by atoms with Crippen molar-refractivity contribution in [2.45, 2.75) is 38.6 Å². The summed E-state index contributed by atoms with van der Waals surface area (Å²) in [6, 6.07) is 10.8. The van der Waals surface area contributed by atoms with Gasteiger partial charge < -0.3 is 9.88 Å². The Bertz CT molecular complexity index is 968. The van der Waals surface area contributed by atoms with Crippen LogP contribution in [0.4, 0.5) is 0 Å². The van der Waals surface area contributed by atoms with Crippen molar-refractivity contribution >= 4 is 27.8 Å². The average Bonchev–Trinajstić information content (AvgIpc) is 2.89. The molecule has 1 aliphatic rings. The summed E-state index contributed by atoms with van der Waals surface area (Å²) in [5.74, 6) is 0.510. The van der Waals surface area contributed by atoms with E-state index in [1.807, 2.05) is 12.3 Å². The molecule has 0 saturated carbocycles. The largest absolute Gasteiger partial charge is 0.328 e. The van der Waals surface area contributed by atoms with Gasteiger partial charge in [0.15, 0.2) is 0 Å². The molecule has 0 spiro atoms. The molecule has 0 radical (unpaired) electrons. The third-order valence-electron chi connectivity index (χ3n) is 4.91. The Labute approximate surface area is 141 Å². The Balaban J connectivity index is 2.01. The van der Waals surface area contributed by atoms with Crippen molar-refractivity contribution in [1.82, 2.24) is 14.9 Å². The Hall–Kier alpha value is -2.62. The first-order valence-electron chi connectivity index (χ1n) is 8.43. The van der Waals surface area contributed by atoms with E-state index in [2.05, 4.69) is 59.6 Å². The number of hydrogen-bond acceptors (Lipinski definition) is 2. The van der Waals surface area contributed by atoms with Gasteiger partial charge in [0.2, 0.25) is 5.91 Å². The number of carbonyl (C=O) groups is 1. The zero-order valence-corrected chi connectivity index (χ0v) is 14.0. The fourth-order valence-electron chi connectivity index (χ4n) is 3.62. The summed E-state index contributed by atoms with van der Waals surface area (Å²) in [5, 5.41) is 5.25. The van der Waals surface area contributed by atoms with Gasteiger partial charge in [-0.25, -0.2) is 4.98 Å². The van der Waals surface area contributed by atoms with Crippen LogP contribution in [0.3, 0.4) is 0 Å². The molecule has 1 unspecified atom stereocenters. The smallest absolute Gasteiger partial charge is 0.224 e. The van der Waals surface area contributed by atoms with E-state index in [-0.39, 0.29) is 11.9 Å². The van der Waals surface area contributed by atoms with Crippen molar-refractivity contribution in [2.24, 2.45) is 0 Å². The van der Waals surface area contributed by atoms with Gasteiger partial charge in [0.05, 0.1) is 11.6 Å². The Morgan fingerprint density at radius 3 is 2.88 bits per heavy atom. The van der Waals surface area contributed by atoms with Crippen LogP contribution in [-0.4, -0.2) is 15.5 Å². The van der Waals surface area contributed by atoms with E-state index in [1.165, 1.54) is 10.9 Å². The van der Waals surface area contributed by atoms with E-state index < -0.39 is 0 Å². The lowest BCUT2D eigenvalue weighted by Crippen LogP contribution is -2.33. The number of hydrogen-bond donors (Lipinski definition) is 1. The van der Waals surface area contributed by atoms with Crippen LogP contribution < -0.4 is 5.32 Å². The Morgan fingerprint density at radius 1 is 1.29 bits per heavy atom. The topological polar surface area (TPSA) is 46.9 Å². The maximum Gasteiger partial charge on any atom is 0.224 e. The van der Waals surface area contributed by atoms with Gasteiger partial charge in [-0.1, -0.05) is 32.6 Å². The third-order valence-corrected chi connectivity index (χ3v) is 4.91. The summed E-state index contributed by atoms with van der Waals surface area (Å²) in [7, 11) is 0. The molecule has 1 aliphatic heterocycles. The number of nitrogens with one attached hydrogen (secondary N) is 1. The number of aromatic nitrogens is 2. The minimum absolute atomic E-state index is 0.0417. The molecule has 122 valence electrons. The molecular formula is C20H21N3O. The second-order valence-electron chi connectivity index (χ2n) is 6.80. The van der Waals surface area contributed by atoms with Crippen LogP contribution >= 0.6 is 0 Å². The lowest BCUT2D eigenvalue weighted by Gasteiger charge is -2.27. The summed E-state index contributed by atoms with van der Waals surface area (Å²) < 4.78 is 2.25. The number of amides is 1. The molecule has 1 fully saturated rings. The first-order valence-corrected chi connectivity index (χ1v) is 8.43. The van der Waals surface area contributed by atoms with Crippen LogP contribution in [0.25, 0.3) is 21.9 Å². The molecule has 24 heavy (non-hydrogen) atoms. The Kier molecular flexibility index (Phi) is 3.41. The van der Waals surface area contributed by atoms with Gasteiger partial charge in [0.25, 0.3) is 0 Å².